The zero-order valence-electron chi connectivity index (χ0n) is 18.5. The van der Waals surface area contributed by atoms with Crippen molar-refractivity contribution in [1.82, 2.24) is 15.6 Å². The smallest absolute Gasteiger partial charge is 0.251 e. The molecule has 1 amide bonds. The van der Waals surface area contributed by atoms with Gasteiger partial charge < -0.3 is 10.6 Å². The summed E-state index contributed by atoms with van der Waals surface area (Å²) in [6, 6.07) is 12.0. The highest BCUT2D eigenvalue weighted by molar-refractivity contribution is 7.15. The van der Waals surface area contributed by atoms with Gasteiger partial charge in [0.25, 0.3) is 5.91 Å². The fraction of sp³-hybridized carbons (Fsp3) is 0.346. The molecule has 2 heterocycles. The Morgan fingerprint density at radius 2 is 1.94 bits per heavy atom. The molecule has 1 saturated heterocycles. The fourth-order valence-corrected chi connectivity index (χ4v) is 5.81. The van der Waals surface area contributed by atoms with Gasteiger partial charge in [-0.3, -0.25) is 9.59 Å². The van der Waals surface area contributed by atoms with Gasteiger partial charge in [0.15, 0.2) is 0 Å². The Kier molecular flexibility index (Phi) is 6.77. The molecule has 1 saturated carbocycles. The molecule has 2 unspecified atom stereocenters. The number of piperidine rings is 1. The summed E-state index contributed by atoms with van der Waals surface area (Å²) in [5.74, 6) is -0.739. The summed E-state index contributed by atoms with van der Waals surface area (Å²) in [5.41, 5.74) is 0.986. The maximum Gasteiger partial charge on any atom is 0.251 e. The van der Waals surface area contributed by atoms with Gasteiger partial charge in [-0.05, 0) is 56.5 Å². The molecule has 34 heavy (non-hydrogen) atoms. The lowest BCUT2D eigenvalue weighted by Crippen LogP contribution is -2.55. The van der Waals surface area contributed by atoms with Crippen molar-refractivity contribution < 1.29 is 14.0 Å². The van der Waals surface area contributed by atoms with Gasteiger partial charge in [-0.1, -0.05) is 42.3 Å². The minimum absolute atomic E-state index is 0.232. The first-order valence-electron chi connectivity index (χ1n) is 11.6. The maximum atomic E-state index is 14.7. The molecule has 5 nitrogen and oxygen atoms in total. The molecule has 0 radical (unpaired) electrons. The Hall–Kier alpha value is -2.61. The van der Waals surface area contributed by atoms with Crippen LogP contribution in [0.15, 0.2) is 48.5 Å². The largest absolute Gasteiger partial charge is 0.340 e. The van der Waals surface area contributed by atoms with Gasteiger partial charge in [0.1, 0.15) is 17.6 Å². The van der Waals surface area contributed by atoms with Gasteiger partial charge in [0.05, 0.1) is 9.88 Å². The summed E-state index contributed by atoms with van der Waals surface area (Å²) < 4.78 is 14.7. The van der Waals surface area contributed by atoms with E-state index < -0.39 is 11.9 Å². The number of ketones is 1. The summed E-state index contributed by atoms with van der Waals surface area (Å²) in [5, 5.41) is 7.63. The number of hydrogen-bond acceptors (Lipinski definition) is 5. The predicted octanol–water partition coefficient (Wildman–Crippen LogP) is 5.60. The number of carbonyl (C=O) groups is 2. The minimum atomic E-state index is -0.827. The second-order valence-electron chi connectivity index (χ2n) is 8.87. The van der Waals surface area contributed by atoms with E-state index in [0.717, 1.165) is 43.7 Å². The van der Waals surface area contributed by atoms with Crippen LogP contribution in [-0.2, 0) is 0 Å². The van der Waals surface area contributed by atoms with Gasteiger partial charge in [-0.25, -0.2) is 9.37 Å². The molecule has 1 aromatic heterocycles. The van der Waals surface area contributed by atoms with Crippen LogP contribution in [0.5, 0.6) is 0 Å². The van der Waals surface area contributed by atoms with Crippen LogP contribution in [0.4, 0.5) is 4.39 Å². The number of rotatable bonds is 7. The van der Waals surface area contributed by atoms with Crippen LogP contribution < -0.4 is 10.6 Å². The van der Waals surface area contributed by atoms with Crippen molar-refractivity contribution in [1.29, 1.82) is 0 Å². The van der Waals surface area contributed by atoms with Crippen molar-refractivity contribution in [2.75, 3.05) is 6.54 Å². The van der Waals surface area contributed by atoms with E-state index in [4.69, 9.17) is 16.6 Å². The molecule has 176 valence electrons. The molecule has 8 heteroatoms. The number of benzene rings is 2. The highest BCUT2D eigenvalue weighted by Gasteiger charge is 2.37. The lowest BCUT2D eigenvalue weighted by molar-refractivity contribution is 0.0823. The van der Waals surface area contributed by atoms with E-state index in [9.17, 15) is 14.0 Å². The Balaban J connectivity index is 1.52. The maximum absolute atomic E-state index is 14.7. The number of thiazole rings is 1. The molecule has 2 atom stereocenters. The van der Waals surface area contributed by atoms with Gasteiger partial charge in [-0.2, -0.15) is 0 Å². The molecule has 0 bridgehead atoms. The Morgan fingerprint density at radius 3 is 2.65 bits per heavy atom. The summed E-state index contributed by atoms with van der Waals surface area (Å²) in [6.07, 6.45) is 4.77. The summed E-state index contributed by atoms with van der Waals surface area (Å²) in [4.78, 5) is 32.3. The number of amides is 1. The quantitative estimate of drug-likeness (QED) is 0.416. The van der Waals surface area contributed by atoms with Crippen LogP contribution in [0.25, 0.3) is 10.4 Å². The van der Waals surface area contributed by atoms with Crippen LogP contribution in [-0.4, -0.2) is 35.3 Å². The third-order valence-electron chi connectivity index (χ3n) is 6.33. The summed E-state index contributed by atoms with van der Waals surface area (Å²) in [6.45, 7) is 0.770. The van der Waals surface area contributed by atoms with Crippen molar-refractivity contribution in [2.24, 2.45) is 0 Å². The fourth-order valence-electron chi connectivity index (χ4n) is 4.35. The number of nitrogens with zero attached hydrogens (tertiary/aromatic N) is 1. The van der Waals surface area contributed by atoms with Crippen LogP contribution in [0.3, 0.4) is 0 Å². The zero-order chi connectivity index (χ0) is 23.7. The van der Waals surface area contributed by atoms with E-state index in [1.165, 1.54) is 17.4 Å². The van der Waals surface area contributed by atoms with E-state index in [1.807, 2.05) is 0 Å². The Morgan fingerprint density at radius 1 is 1.12 bits per heavy atom. The predicted molar refractivity (Wildman–Crippen MR) is 132 cm³/mol. The number of aromatic nitrogens is 1. The lowest BCUT2D eigenvalue weighted by Gasteiger charge is -2.31. The van der Waals surface area contributed by atoms with Crippen molar-refractivity contribution in [3.8, 4) is 10.4 Å². The number of hydrogen-bond donors (Lipinski definition) is 2. The Labute approximate surface area is 206 Å². The monoisotopic (exact) mass is 497 g/mol. The molecular formula is C26H25ClFN3O2S. The van der Waals surface area contributed by atoms with E-state index in [2.05, 4.69) is 10.6 Å². The SMILES string of the molecule is O=C(NC(C(=O)c1nc(C2CC2)sc1-c1ccccc1F)C1CCCCN1)c1cccc(Cl)c1. The molecule has 1 aliphatic carbocycles. The minimum Gasteiger partial charge on any atom is -0.340 e. The van der Waals surface area contributed by atoms with Crippen LogP contribution in [0.2, 0.25) is 5.02 Å². The van der Waals surface area contributed by atoms with E-state index >= 15 is 0 Å². The average molecular weight is 498 g/mol. The second-order valence-corrected chi connectivity index (χ2v) is 10.3. The van der Waals surface area contributed by atoms with E-state index in [1.54, 1.807) is 42.5 Å². The van der Waals surface area contributed by atoms with Gasteiger partial charge >= 0.3 is 0 Å². The molecule has 2 fully saturated rings. The molecule has 3 aromatic rings. The number of Topliss-reactive ketones (excluding diaryl/α,β-unsaturated/α-hetero) is 1. The van der Waals surface area contributed by atoms with Crippen molar-refractivity contribution in [2.45, 2.75) is 50.1 Å². The molecule has 5 rings (SSSR count). The highest BCUT2D eigenvalue weighted by atomic mass is 35.5. The van der Waals surface area contributed by atoms with Gasteiger partial charge in [0.2, 0.25) is 5.78 Å². The Bertz CT molecular complexity index is 1220. The number of halogens is 2. The van der Waals surface area contributed by atoms with Crippen molar-refractivity contribution in [3.05, 3.63) is 75.6 Å². The zero-order valence-corrected chi connectivity index (χ0v) is 20.1. The van der Waals surface area contributed by atoms with Crippen molar-refractivity contribution >= 4 is 34.6 Å². The van der Waals surface area contributed by atoms with Gasteiger partial charge in [0, 0.05) is 28.1 Å². The normalized spacial score (nSPS) is 18.9. The third-order valence-corrected chi connectivity index (χ3v) is 7.82. The third kappa shape index (κ3) is 4.92. The first kappa shape index (κ1) is 23.1. The van der Waals surface area contributed by atoms with E-state index in [-0.39, 0.29) is 23.4 Å². The molecule has 2 N–H and O–H groups in total. The average Bonchev–Trinajstić information content (AvgIpc) is 3.61. The summed E-state index contributed by atoms with van der Waals surface area (Å²) >= 11 is 7.46. The lowest BCUT2D eigenvalue weighted by atomic mass is 9.92. The number of nitrogens with one attached hydrogen (secondary N) is 2. The molecule has 2 aliphatic rings. The first-order valence-corrected chi connectivity index (χ1v) is 12.8. The van der Waals surface area contributed by atoms with Gasteiger partial charge in [-0.15, -0.1) is 11.3 Å². The van der Waals surface area contributed by atoms with E-state index in [0.29, 0.717) is 26.9 Å². The van der Waals surface area contributed by atoms with Crippen LogP contribution >= 0.6 is 22.9 Å². The highest BCUT2D eigenvalue weighted by Crippen LogP contribution is 2.45. The summed E-state index contributed by atoms with van der Waals surface area (Å²) in [7, 11) is 0. The first-order chi connectivity index (χ1) is 16.5. The molecule has 1 aliphatic heterocycles. The van der Waals surface area contributed by atoms with Crippen molar-refractivity contribution in [3.63, 3.8) is 0 Å². The number of carbonyl (C=O) groups excluding carboxylic acids is 2. The molecule has 2 aromatic carbocycles. The topological polar surface area (TPSA) is 71.1 Å². The van der Waals surface area contributed by atoms with Crippen LogP contribution in [0.1, 0.15) is 63.9 Å². The molecule has 0 spiro atoms. The standard InChI is InChI=1S/C26H25ClFN3O2S/c27-17-7-5-6-16(14-17)25(33)30-21(20-10-3-4-13-29-20)23(32)22-24(18-8-1-2-9-19(18)28)34-26(31-22)15-11-12-15/h1-2,5-9,14-15,20-21,29H,3-4,10-13H2,(H,30,33). The second kappa shape index (κ2) is 9.94. The van der Waals surface area contributed by atoms with Crippen LogP contribution in [0, 0.1) is 5.82 Å². The molecular weight excluding hydrogens is 473 g/mol.